The molecule has 4 heterocycles. The van der Waals surface area contributed by atoms with Crippen molar-refractivity contribution in [3.63, 3.8) is 0 Å². The highest BCUT2D eigenvalue weighted by Gasteiger charge is 2.33. The van der Waals surface area contributed by atoms with Crippen molar-refractivity contribution in [3.8, 4) is 28.7 Å². The molecule has 1 N–H and O–H groups in total. The minimum atomic E-state index is -0.454. The molecule has 140 valence electrons. The van der Waals surface area contributed by atoms with Crippen LogP contribution in [-0.4, -0.2) is 24.5 Å². The molecule has 3 aliphatic rings. The number of H-pyrrole nitrogens is 1. The second-order valence-corrected chi connectivity index (χ2v) is 6.82. The lowest BCUT2D eigenvalue weighted by molar-refractivity contribution is -0.135. The van der Waals surface area contributed by atoms with Gasteiger partial charge in [0, 0.05) is 34.6 Å². The minimum absolute atomic E-state index is 0.0613. The van der Waals surface area contributed by atoms with Gasteiger partial charge < -0.3 is 28.7 Å². The molecule has 3 aromatic rings. The Balaban J connectivity index is 1.54. The zero-order chi connectivity index (χ0) is 18.8. The number of hydrogen-bond donors (Lipinski definition) is 1. The molecule has 8 heteroatoms. The number of pyridine rings is 1. The predicted octanol–water partition coefficient (Wildman–Crippen LogP) is 2.43. The number of benzene rings is 2. The average molecular weight is 379 g/mol. The largest absolute Gasteiger partial charge is 0.454 e. The number of carbonyl (C=O) groups is 1. The van der Waals surface area contributed by atoms with Crippen LogP contribution in [-0.2, 0) is 4.79 Å². The fraction of sp³-hybridized carbons (Fsp3) is 0.200. The summed E-state index contributed by atoms with van der Waals surface area (Å²) >= 11 is 0. The number of carbonyl (C=O) groups excluding carboxylic acids is 1. The summed E-state index contributed by atoms with van der Waals surface area (Å²) in [6, 6.07) is 8.75. The van der Waals surface area contributed by atoms with Crippen LogP contribution in [0.4, 0.5) is 0 Å². The highest BCUT2D eigenvalue weighted by Crippen LogP contribution is 2.46. The third-order valence-electron chi connectivity index (χ3n) is 5.22. The van der Waals surface area contributed by atoms with Crippen molar-refractivity contribution < 1.29 is 28.5 Å². The van der Waals surface area contributed by atoms with Gasteiger partial charge in [0.2, 0.25) is 13.6 Å². The lowest BCUT2D eigenvalue weighted by Crippen LogP contribution is -2.25. The van der Waals surface area contributed by atoms with E-state index in [0.717, 1.165) is 10.9 Å². The van der Waals surface area contributed by atoms with Crippen LogP contribution in [0.5, 0.6) is 28.7 Å². The first-order valence-corrected chi connectivity index (χ1v) is 8.76. The van der Waals surface area contributed by atoms with Crippen LogP contribution < -0.4 is 29.2 Å². The number of nitrogens with one attached hydrogen (secondary N) is 1. The fourth-order valence-corrected chi connectivity index (χ4v) is 3.89. The Kier molecular flexibility index (Phi) is 2.98. The van der Waals surface area contributed by atoms with Crippen molar-refractivity contribution in [1.82, 2.24) is 4.98 Å². The summed E-state index contributed by atoms with van der Waals surface area (Å²) in [6.45, 7) is 0.262. The molecule has 1 unspecified atom stereocenters. The summed E-state index contributed by atoms with van der Waals surface area (Å²) in [6.07, 6.45) is 0.0613. The number of aromatic amines is 1. The van der Waals surface area contributed by atoms with Gasteiger partial charge in [0.15, 0.2) is 23.0 Å². The van der Waals surface area contributed by atoms with Gasteiger partial charge in [-0.05, 0) is 18.2 Å². The van der Waals surface area contributed by atoms with E-state index in [2.05, 4.69) is 4.98 Å². The number of esters is 1. The van der Waals surface area contributed by atoms with Crippen LogP contribution in [0.3, 0.4) is 0 Å². The molecule has 0 saturated heterocycles. The molecular formula is C20H13NO7. The number of aromatic nitrogens is 1. The van der Waals surface area contributed by atoms with E-state index in [0.29, 0.717) is 39.8 Å². The molecule has 0 fully saturated rings. The van der Waals surface area contributed by atoms with Gasteiger partial charge in [-0.2, -0.15) is 0 Å². The van der Waals surface area contributed by atoms with Gasteiger partial charge in [-0.25, -0.2) is 0 Å². The van der Waals surface area contributed by atoms with Crippen molar-refractivity contribution in [1.29, 1.82) is 0 Å². The van der Waals surface area contributed by atoms with Crippen LogP contribution in [0.2, 0.25) is 0 Å². The van der Waals surface area contributed by atoms with Gasteiger partial charge in [-0.15, -0.1) is 0 Å². The van der Waals surface area contributed by atoms with Crippen LogP contribution >= 0.6 is 0 Å². The highest BCUT2D eigenvalue weighted by molar-refractivity contribution is 5.84. The Morgan fingerprint density at radius 1 is 0.750 bits per heavy atom. The molecule has 2 aromatic carbocycles. The third kappa shape index (κ3) is 2.17. The van der Waals surface area contributed by atoms with Gasteiger partial charge >= 0.3 is 5.97 Å². The van der Waals surface area contributed by atoms with Crippen molar-refractivity contribution >= 4 is 16.9 Å². The normalized spacial score (nSPS) is 18.9. The number of ether oxygens (including phenoxy) is 5. The summed E-state index contributed by atoms with van der Waals surface area (Å²) < 4.78 is 27.0. The summed E-state index contributed by atoms with van der Waals surface area (Å²) in [5.41, 5.74) is 1.56. The van der Waals surface area contributed by atoms with E-state index in [1.807, 2.05) is 6.07 Å². The van der Waals surface area contributed by atoms with E-state index in [1.54, 1.807) is 24.3 Å². The first-order chi connectivity index (χ1) is 13.7. The average Bonchev–Trinajstić information content (AvgIpc) is 3.31. The minimum Gasteiger partial charge on any atom is -0.454 e. The fourth-order valence-electron chi connectivity index (χ4n) is 3.89. The molecule has 1 aromatic heterocycles. The summed E-state index contributed by atoms with van der Waals surface area (Å²) in [7, 11) is 0. The van der Waals surface area contributed by atoms with E-state index in [1.165, 1.54) is 0 Å². The lowest BCUT2D eigenvalue weighted by Gasteiger charge is -2.24. The second-order valence-electron chi connectivity index (χ2n) is 6.82. The molecule has 0 spiro atoms. The predicted molar refractivity (Wildman–Crippen MR) is 95.4 cm³/mol. The lowest BCUT2D eigenvalue weighted by atomic mass is 9.86. The zero-order valence-electron chi connectivity index (χ0n) is 14.4. The van der Waals surface area contributed by atoms with Crippen LogP contribution in [0.15, 0.2) is 35.1 Å². The van der Waals surface area contributed by atoms with Crippen LogP contribution in [0.1, 0.15) is 23.5 Å². The van der Waals surface area contributed by atoms with Gasteiger partial charge in [0.1, 0.15) is 5.75 Å². The summed E-state index contributed by atoms with van der Waals surface area (Å²) in [5.74, 6) is 1.84. The molecule has 28 heavy (non-hydrogen) atoms. The number of fused-ring (bicyclic) bond motifs is 4. The van der Waals surface area contributed by atoms with E-state index < -0.39 is 11.9 Å². The maximum atomic E-state index is 12.8. The molecule has 0 radical (unpaired) electrons. The van der Waals surface area contributed by atoms with E-state index in [-0.39, 0.29) is 25.6 Å². The Labute approximate surface area is 157 Å². The van der Waals surface area contributed by atoms with Crippen LogP contribution in [0.25, 0.3) is 10.9 Å². The SMILES string of the molecule is O=C1CC(c2cc3cc4c(cc3[nH]c2=O)OCO4)c2cc3c(cc2O1)OCO3. The summed E-state index contributed by atoms with van der Waals surface area (Å²) in [5, 5.41) is 0.792. The molecule has 8 nitrogen and oxygen atoms in total. The Morgan fingerprint density at radius 3 is 2.21 bits per heavy atom. The molecule has 0 amide bonds. The molecule has 1 atom stereocenters. The van der Waals surface area contributed by atoms with Gasteiger partial charge in [0.05, 0.1) is 11.9 Å². The second kappa shape index (κ2) is 5.41. The van der Waals surface area contributed by atoms with E-state index in [4.69, 9.17) is 23.7 Å². The maximum absolute atomic E-state index is 12.8. The van der Waals surface area contributed by atoms with Crippen molar-refractivity contribution in [3.05, 3.63) is 51.8 Å². The van der Waals surface area contributed by atoms with Crippen molar-refractivity contribution in [2.75, 3.05) is 13.6 Å². The molecule has 0 bridgehead atoms. The first-order valence-electron chi connectivity index (χ1n) is 8.76. The molecule has 6 rings (SSSR count). The van der Waals surface area contributed by atoms with E-state index in [9.17, 15) is 9.59 Å². The number of rotatable bonds is 1. The molecule has 3 aliphatic heterocycles. The van der Waals surface area contributed by atoms with Gasteiger partial charge in [0.25, 0.3) is 5.56 Å². The highest BCUT2D eigenvalue weighted by atomic mass is 16.7. The van der Waals surface area contributed by atoms with E-state index >= 15 is 0 Å². The first kappa shape index (κ1) is 15.4. The standard InChI is InChI=1S/C20H13NO7/c22-19-4-10(11-3-16-18(27-8-25-16)6-14(11)28-19)12-1-9-2-15-17(26-7-24-15)5-13(9)21-20(12)23/h1-3,5-6,10H,4,7-8H2,(H,21,23). The topological polar surface area (TPSA) is 96.1 Å². The number of hydrogen-bond acceptors (Lipinski definition) is 7. The smallest absolute Gasteiger partial charge is 0.312 e. The molecular weight excluding hydrogens is 366 g/mol. The van der Waals surface area contributed by atoms with Crippen molar-refractivity contribution in [2.24, 2.45) is 0 Å². The maximum Gasteiger partial charge on any atom is 0.312 e. The molecule has 0 saturated carbocycles. The van der Waals surface area contributed by atoms with Gasteiger partial charge in [-0.1, -0.05) is 0 Å². The Hall–Kier alpha value is -3.68. The molecule has 0 aliphatic carbocycles. The quantitative estimate of drug-likeness (QED) is 0.512. The Bertz CT molecular complexity index is 1230. The van der Waals surface area contributed by atoms with Crippen LogP contribution in [0, 0.1) is 0 Å². The summed E-state index contributed by atoms with van der Waals surface area (Å²) in [4.78, 5) is 27.9. The Morgan fingerprint density at radius 2 is 1.43 bits per heavy atom. The van der Waals surface area contributed by atoms with Crippen molar-refractivity contribution in [2.45, 2.75) is 12.3 Å². The third-order valence-corrected chi connectivity index (χ3v) is 5.22. The monoisotopic (exact) mass is 379 g/mol. The van der Waals surface area contributed by atoms with Gasteiger partial charge in [-0.3, -0.25) is 9.59 Å². The zero-order valence-corrected chi connectivity index (χ0v) is 14.4.